The van der Waals surface area contributed by atoms with Gasteiger partial charge in [0.15, 0.2) is 0 Å². The number of hydrogen-bond donors (Lipinski definition) is 2. The zero-order chi connectivity index (χ0) is 28.5. The molecule has 0 radical (unpaired) electrons. The molecule has 0 saturated carbocycles. The highest BCUT2D eigenvalue weighted by Gasteiger charge is 2.20. The average Bonchev–Trinajstić information content (AvgIpc) is 2.97. The number of nitrogens with zero attached hydrogens (tertiary/aromatic N) is 1. The van der Waals surface area contributed by atoms with Gasteiger partial charge in [0.25, 0.3) is 0 Å². The van der Waals surface area contributed by atoms with Crippen LogP contribution in [-0.2, 0) is 11.2 Å². The van der Waals surface area contributed by atoms with Gasteiger partial charge in [0.05, 0.1) is 19.4 Å². The predicted octanol–water partition coefficient (Wildman–Crippen LogP) is 8.74. The van der Waals surface area contributed by atoms with Crippen LogP contribution in [0, 0.1) is 5.41 Å². The molecule has 208 valence electrons. The van der Waals surface area contributed by atoms with Crippen molar-refractivity contribution in [2.24, 2.45) is 5.41 Å². The molecule has 1 heterocycles. The number of fused-ring (bicyclic) bond motifs is 1. The van der Waals surface area contributed by atoms with E-state index in [1.807, 2.05) is 18.6 Å². The Morgan fingerprint density at radius 2 is 1.60 bits per heavy atom. The van der Waals surface area contributed by atoms with Crippen molar-refractivity contribution < 1.29 is 4.74 Å². The molecule has 2 N–H and O–H groups in total. The first kappa shape index (κ1) is 29.4. The molecule has 0 aliphatic rings. The molecule has 1 unspecified atom stereocenters. The van der Waals surface area contributed by atoms with Crippen molar-refractivity contribution in [2.75, 3.05) is 25.2 Å². The number of anilines is 1. The SMILES string of the molecule is CO/C(CNSC)=C(/C=C(\C)C(C)(C)C)Nc1ccc(C(Cc2ccccc2)c2ccncc2)c2ccccc12. The Bertz CT molecular complexity index is 1460. The third-order valence-electron chi connectivity index (χ3n) is 7.46. The van der Waals surface area contributed by atoms with Crippen LogP contribution in [-0.4, -0.2) is 24.9 Å². The maximum absolute atomic E-state index is 5.89. The van der Waals surface area contributed by atoms with Gasteiger partial charge in [-0.3, -0.25) is 9.71 Å². The molecule has 4 nitrogen and oxygen atoms in total. The fraction of sp³-hybridized carbons (Fsp3) is 0.286. The molecule has 1 atom stereocenters. The maximum Gasteiger partial charge on any atom is 0.134 e. The summed E-state index contributed by atoms with van der Waals surface area (Å²) in [6.07, 6.45) is 8.94. The topological polar surface area (TPSA) is 46.2 Å². The fourth-order valence-corrected chi connectivity index (χ4v) is 5.04. The van der Waals surface area contributed by atoms with Crippen LogP contribution in [0.25, 0.3) is 10.8 Å². The number of rotatable bonds is 11. The van der Waals surface area contributed by atoms with Gasteiger partial charge in [-0.25, -0.2) is 0 Å². The van der Waals surface area contributed by atoms with Gasteiger partial charge in [-0.15, -0.1) is 0 Å². The van der Waals surface area contributed by atoms with Crippen molar-refractivity contribution in [3.8, 4) is 0 Å². The number of nitrogens with one attached hydrogen (secondary N) is 2. The lowest BCUT2D eigenvalue weighted by molar-refractivity contribution is 0.282. The Morgan fingerprint density at radius 1 is 0.925 bits per heavy atom. The molecular formula is C35H41N3OS. The van der Waals surface area contributed by atoms with Crippen LogP contribution in [0.2, 0.25) is 0 Å². The van der Waals surface area contributed by atoms with Crippen molar-refractivity contribution in [1.82, 2.24) is 9.71 Å². The summed E-state index contributed by atoms with van der Waals surface area (Å²) in [5.41, 5.74) is 7.21. The van der Waals surface area contributed by atoms with Crippen molar-refractivity contribution in [1.29, 1.82) is 0 Å². The molecule has 0 amide bonds. The number of hydrogen-bond acceptors (Lipinski definition) is 5. The second-order valence-corrected chi connectivity index (χ2v) is 11.7. The zero-order valence-electron chi connectivity index (χ0n) is 24.5. The lowest BCUT2D eigenvalue weighted by atomic mass is 9.83. The van der Waals surface area contributed by atoms with Gasteiger partial charge < -0.3 is 10.1 Å². The van der Waals surface area contributed by atoms with Crippen LogP contribution < -0.4 is 10.0 Å². The molecule has 3 aromatic carbocycles. The van der Waals surface area contributed by atoms with Gasteiger partial charge in [0.2, 0.25) is 0 Å². The normalized spacial score (nSPS) is 13.6. The van der Waals surface area contributed by atoms with Crippen LogP contribution in [0.5, 0.6) is 0 Å². The molecule has 40 heavy (non-hydrogen) atoms. The molecule has 0 aliphatic heterocycles. The summed E-state index contributed by atoms with van der Waals surface area (Å²) < 4.78 is 9.23. The lowest BCUT2D eigenvalue weighted by Gasteiger charge is -2.24. The molecular weight excluding hydrogens is 510 g/mol. The highest BCUT2D eigenvalue weighted by molar-refractivity contribution is 7.96. The summed E-state index contributed by atoms with van der Waals surface area (Å²) in [4.78, 5) is 4.29. The van der Waals surface area contributed by atoms with E-state index in [4.69, 9.17) is 4.74 Å². The molecule has 4 aromatic rings. The average molecular weight is 552 g/mol. The first-order chi connectivity index (χ1) is 19.3. The minimum absolute atomic E-state index is 0.0415. The number of benzene rings is 3. The van der Waals surface area contributed by atoms with Crippen LogP contribution >= 0.6 is 11.9 Å². The minimum atomic E-state index is 0.0415. The molecule has 0 aliphatic carbocycles. The van der Waals surface area contributed by atoms with Crippen LogP contribution in [0.15, 0.2) is 114 Å². The van der Waals surface area contributed by atoms with Crippen molar-refractivity contribution >= 4 is 28.4 Å². The van der Waals surface area contributed by atoms with Crippen molar-refractivity contribution in [2.45, 2.75) is 40.0 Å². The van der Waals surface area contributed by atoms with Gasteiger partial charge in [0.1, 0.15) is 5.76 Å². The van der Waals surface area contributed by atoms with E-state index < -0.39 is 0 Å². The Labute approximate surface area is 244 Å². The number of methoxy groups -OCH3 is 1. The van der Waals surface area contributed by atoms with E-state index in [1.165, 1.54) is 33.0 Å². The summed E-state index contributed by atoms with van der Waals surface area (Å²) in [6, 6.07) is 28.2. The molecule has 0 spiro atoms. The van der Waals surface area contributed by atoms with Gasteiger partial charge in [-0.2, -0.15) is 0 Å². The summed E-state index contributed by atoms with van der Waals surface area (Å²) in [5.74, 6) is 1.06. The van der Waals surface area contributed by atoms with E-state index in [0.29, 0.717) is 6.54 Å². The van der Waals surface area contributed by atoms with Gasteiger partial charge >= 0.3 is 0 Å². The first-order valence-electron chi connectivity index (χ1n) is 13.8. The van der Waals surface area contributed by atoms with E-state index in [-0.39, 0.29) is 11.3 Å². The van der Waals surface area contributed by atoms with Gasteiger partial charge in [0, 0.05) is 29.4 Å². The summed E-state index contributed by atoms with van der Waals surface area (Å²) in [6.45, 7) is 9.50. The molecule has 4 rings (SSSR count). The zero-order valence-corrected chi connectivity index (χ0v) is 25.3. The van der Waals surface area contributed by atoms with Gasteiger partial charge in [-0.1, -0.05) is 99.0 Å². The number of pyridine rings is 1. The smallest absolute Gasteiger partial charge is 0.134 e. The Morgan fingerprint density at radius 3 is 2.25 bits per heavy atom. The highest BCUT2D eigenvalue weighted by Crippen LogP contribution is 2.37. The Kier molecular flexibility index (Phi) is 10.1. The predicted molar refractivity (Wildman–Crippen MR) is 173 cm³/mol. The summed E-state index contributed by atoms with van der Waals surface area (Å²) in [5, 5.41) is 6.18. The molecule has 0 fully saturated rings. The standard InChI is InChI=1S/C35H41N3OS/c1-25(35(2,3)4)22-33(34(39-5)24-37-40-6)38-32-17-16-29(28-14-10-11-15-30(28)32)31(27-18-20-36-21-19-27)23-26-12-8-7-9-13-26/h7-22,31,37-38H,23-24H2,1-6H3/b25-22+,34-33-. The molecule has 5 heteroatoms. The van der Waals surface area contributed by atoms with E-state index in [2.05, 4.69) is 128 Å². The number of allylic oxidation sites excluding steroid dienone is 2. The monoisotopic (exact) mass is 551 g/mol. The molecule has 0 bridgehead atoms. The third-order valence-corrected chi connectivity index (χ3v) is 7.89. The second-order valence-electron chi connectivity index (χ2n) is 11.0. The first-order valence-corrected chi connectivity index (χ1v) is 15.0. The van der Waals surface area contributed by atoms with Crippen LogP contribution in [0.4, 0.5) is 5.69 Å². The molecule has 1 aromatic heterocycles. The van der Waals surface area contributed by atoms with Crippen molar-refractivity contribution in [3.63, 3.8) is 0 Å². The fourth-order valence-electron chi connectivity index (χ4n) is 4.77. The largest absolute Gasteiger partial charge is 0.498 e. The van der Waals surface area contributed by atoms with Gasteiger partial charge in [-0.05, 0) is 71.4 Å². The Balaban J connectivity index is 1.83. The van der Waals surface area contributed by atoms with Crippen molar-refractivity contribution in [3.05, 3.63) is 131 Å². The quantitative estimate of drug-likeness (QED) is 0.111. The molecule has 0 saturated heterocycles. The van der Waals surface area contributed by atoms with Crippen LogP contribution in [0.3, 0.4) is 0 Å². The number of aromatic nitrogens is 1. The Hall–Kier alpha value is -3.54. The van der Waals surface area contributed by atoms with E-state index in [9.17, 15) is 0 Å². The van der Waals surface area contributed by atoms with Crippen LogP contribution in [0.1, 0.15) is 50.3 Å². The second kappa shape index (κ2) is 13.7. The van der Waals surface area contributed by atoms with E-state index in [1.54, 1.807) is 19.1 Å². The van der Waals surface area contributed by atoms with E-state index >= 15 is 0 Å². The summed E-state index contributed by atoms with van der Waals surface area (Å²) >= 11 is 1.58. The number of ether oxygens (including phenoxy) is 1. The minimum Gasteiger partial charge on any atom is -0.498 e. The maximum atomic E-state index is 5.89. The highest BCUT2D eigenvalue weighted by atomic mass is 32.2. The third kappa shape index (κ3) is 7.35. The van der Waals surface area contributed by atoms with E-state index in [0.717, 1.165) is 23.6 Å². The summed E-state index contributed by atoms with van der Waals surface area (Å²) in [7, 11) is 1.74. The lowest BCUT2D eigenvalue weighted by Crippen LogP contribution is -2.16.